The fourth-order valence-electron chi connectivity index (χ4n) is 2.81. The third kappa shape index (κ3) is 6.19. The van der Waals surface area contributed by atoms with Gasteiger partial charge in [0.15, 0.2) is 18.1 Å². The number of carbonyl (C=O) groups is 1. The molecule has 2 aromatic carbocycles. The monoisotopic (exact) mass is 385 g/mol. The van der Waals surface area contributed by atoms with E-state index in [0.29, 0.717) is 31.3 Å². The van der Waals surface area contributed by atoms with Crippen molar-refractivity contribution in [2.24, 2.45) is 0 Å². The number of nitrogens with one attached hydrogen (secondary N) is 1. The maximum absolute atomic E-state index is 12.2. The molecular weight excluding hydrogens is 354 g/mol. The average Bonchev–Trinajstić information content (AvgIpc) is 2.66. The highest BCUT2D eigenvalue weighted by atomic mass is 16.5. The van der Waals surface area contributed by atoms with Crippen LogP contribution in [-0.2, 0) is 16.8 Å². The molecule has 0 radical (unpaired) electrons. The number of para-hydroxylation sites is 1. The van der Waals surface area contributed by atoms with Crippen LogP contribution >= 0.6 is 0 Å². The molecule has 28 heavy (non-hydrogen) atoms. The van der Waals surface area contributed by atoms with E-state index < -0.39 is 0 Å². The van der Waals surface area contributed by atoms with Crippen molar-refractivity contribution in [2.45, 2.75) is 46.6 Å². The van der Waals surface area contributed by atoms with Crippen LogP contribution in [-0.4, -0.2) is 25.7 Å². The molecule has 2 aromatic rings. The number of rotatable bonds is 9. The Morgan fingerprint density at radius 2 is 1.57 bits per heavy atom. The molecule has 0 atom stereocenters. The highest BCUT2D eigenvalue weighted by Crippen LogP contribution is 2.31. The van der Waals surface area contributed by atoms with Crippen LogP contribution in [0.1, 0.15) is 45.7 Å². The fourth-order valence-corrected chi connectivity index (χ4v) is 2.81. The van der Waals surface area contributed by atoms with Gasteiger partial charge in [-0.15, -0.1) is 0 Å². The molecule has 0 aliphatic heterocycles. The van der Waals surface area contributed by atoms with E-state index in [9.17, 15) is 4.79 Å². The molecule has 1 N–H and O–H groups in total. The molecule has 0 aliphatic carbocycles. The van der Waals surface area contributed by atoms with Gasteiger partial charge < -0.3 is 19.5 Å². The van der Waals surface area contributed by atoms with Crippen molar-refractivity contribution in [1.29, 1.82) is 0 Å². The summed E-state index contributed by atoms with van der Waals surface area (Å²) in [6, 6.07) is 13.5. The van der Waals surface area contributed by atoms with E-state index in [0.717, 1.165) is 16.9 Å². The van der Waals surface area contributed by atoms with Gasteiger partial charge in [0.05, 0.1) is 13.2 Å². The number of hydrogen-bond donors (Lipinski definition) is 1. The Balaban J connectivity index is 1.94. The molecule has 0 saturated heterocycles. The van der Waals surface area contributed by atoms with Gasteiger partial charge in [-0.3, -0.25) is 4.79 Å². The Bertz CT molecular complexity index is 780. The second-order valence-electron chi connectivity index (χ2n) is 7.46. The van der Waals surface area contributed by atoms with Gasteiger partial charge in [-0.25, -0.2) is 0 Å². The summed E-state index contributed by atoms with van der Waals surface area (Å²) >= 11 is 0. The lowest BCUT2D eigenvalue weighted by atomic mass is 9.86. The van der Waals surface area contributed by atoms with Crippen molar-refractivity contribution in [3.63, 3.8) is 0 Å². The lowest BCUT2D eigenvalue weighted by molar-refractivity contribution is -0.123. The second-order valence-corrected chi connectivity index (χ2v) is 7.46. The van der Waals surface area contributed by atoms with Crippen LogP contribution in [0.4, 0.5) is 0 Å². The maximum Gasteiger partial charge on any atom is 0.258 e. The van der Waals surface area contributed by atoms with Crippen molar-refractivity contribution < 1.29 is 19.0 Å². The molecule has 5 heteroatoms. The standard InChI is InChI=1S/C23H31NO4/c1-6-26-20-13-12-17(14-21(20)27-7-2)15-24-22(25)16-28-19-11-9-8-10-18(19)23(3,4)5/h8-14H,6-7,15-16H2,1-5H3,(H,24,25). The highest BCUT2D eigenvalue weighted by Gasteiger charge is 2.18. The highest BCUT2D eigenvalue weighted by molar-refractivity contribution is 5.77. The Morgan fingerprint density at radius 3 is 2.25 bits per heavy atom. The third-order valence-electron chi connectivity index (χ3n) is 4.15. The maximum atomic E-state index is 12.2. The summed E-state index contributed by atoms with van der Waals surface area (Å²) in [7, 11) is 0. The van der Waals surface area contributed by atoms with Crippen molar-refractivity contribution in [3.05, 3.63) is 53.6 Å². The predicted octanol–water partition coefficient (Wildman–Crippen LogP) is 4.48. The normalized spacial score (nSPS) is 11.0. The second kappa shape index (κ2) is 10.0. The number of benzene rings is 2. The van der Waals surface area contributed by atoms with Crippen molar-refractivity contribution in [3.8, 4) is 17.2 Å². The molecule has 0 unspecified atom stereocenters. The zero-order valence-electron chi connectivity index (χ0n) is 17.5. The molecule has 0 saturated carbocycles. The summed E-state index contributed by atoms with van der Waals surface area (Å²) < 4.78 is 17.0. The number of hydrogen-bond acceptors (Lipinski definition) is 4. The van der Waals surface area contributed by atoms with Crippen LogP contribution in [0.3, 0.4) is 0 Å². The first-order chi connectivity index (χ1) is 13.3. The first-order valence-corrected chi connectivity index (χ1v) is 9.72. The Labute approximate surface area is 168 Å². The zero-order valence-corrected chi connectivity index (χ0v) is 17.5. The van der Waals surface area contributed by atoms with Crippen LogP contribution in [0.15, 0.2) is 42.5 Å². The van der Waals surface area contributed by atoms with E-state index in [2.05, 4.69) is 26.1 Å². The molecule has 1 amide bonds. The molecule has 5 nitrogen and oxygen atoms in total. The molecular formula is C23H31NO4. The minimum Gasteiger partial charge on any atom is -0.490 e. The van der Waals surface area contributed by atoms with Crippen molar-refractivity contribution in [1.82, 2.24) is 5.32 Å². The Hall–Kier alpha value is -2.69. The molecule has 0 spiro atoms. The molecule has 0 aromatic heterocycles. The third-order valence-corrected chi connectivity index (χ3v) is 4.15. The first-order valence-electron chi connectivity index (χ1n) is 9.72. The van der Waals surface area contributed by atoms with Crippen LogP contribution in [0.25, 0.3) is 0 Å². The van der Waals surface area contributed by atoms with Gasteiger partial charge in [-0.05, 0) is 48.6 Å². The predicted molar refractivity (Wildman–Crippen MR) is 111 cm³/mol. The molecule has 2 rings (SSSR count). The average molecular weight is 386 g/mol. The van der Waals surface area contributed by atoms with Crippen LogP contribution in [0, 0.1) is 0 Å². The van der Waals surface area contributed by atoms with E-state index >= 15 is 0 Å². The molecule has 0 bridgehead atoms. The summed E-state index contributed by atoms with van der Waals surface area (Å²) in [5.74, 6) is 1.97. The van der Waals surface area contributed by atoms with Gasteiger partial charge in [0.2, 0.25) is 0 Å². The number of amides is 1. The Kier molecular flexibility index (Phi) is 7.73. The lowest BCUT2D eigenvalue weighted by Crippen LogP contribution is -2.29. The molecule has 0 fully saturated rings. The molecule has 0 aliphatic rings. The van der Waals surface area contributed by atoms with Crippen molar-refractivity contribution in [2.75, 3.05) is 19.8 Å². The zero-order chi connectivity index (χ0) is 20.6. The SMILES string of the molecule is CCOc1ccc(CNC(=O)COc2ccccc2C(C)(C)C)cc1OCC. The van der Waals surface area contributed by atoms with Gasteiger partial charge >= 0.3 is 0 Å². The van der Waals surface area contributed by atoms with Gasteiger partial charge in [-0.2, -0.15) is 0 Å². The summed E-state index contributed by atoms with van der Waals surface area (Å²) in [5, 5.41) is 2.89. The van der Waals surface area contributed by atoms with Gasteiger partial charge in [-0.1, -0.05) is 45.0 Å². The van der Waals surface area contributed by atoms with E-state index in [-0.39, 0.29) is 17.9 Å². The fraction of sp³-hybridized carbons (Fsp3) is 0.435. The minimum absolute atomic E-state index is 0.0254. The van der Waals surface area contributed by atoms with E-state index in [4.69, 9.17) is 14.2 Å². The van der Waals surface area contributed by atoms with Crippen LogP contribution in [0.2, 0.25) is 0 Å². The summed E-state index contributed by atoms with van der Waals surface area (Å²) in [5.41, 5.74) is 1.97. The summed E-state index contributed by atoms with van der Waals surface area (Å²) in [6.07, 6.45) is 0. The molecule has 152 valence electrons. The number of ether oxygens (including phenoxy) is 3. The van der Waals surface area contributed by atoms with Gasteiger partial charge in [0.1, 0.15) is 5.75 Å². The quantitative estimate of drug-likeness (QED) is 0.692. The number of carbonyl (C=O) groups excluding carboxylic acids is 1. The minimum atomic E-state index is -0.171. The largest absolute Gasteiger partial charge is 0.490 e. The Morgan fingerprint density at radius 1 is 0.893 bits per heavy atom. The van der Waals surface area contributed by atoms with E-state index in [1.54, 1.807) is 0 Å². The van der Waals surface area contributed by atoms with Crippen LogP contribution < -0.4 is 19.5 Å². The van der Waals surface area contributed by atoms with E-state index in [1.165, 1.54) is 0 Å². The summed E-state index contributed by atoms with van der Waals surface area (Å²) in [4.78, 5) is 12.2. The summed E-state index contributed by atoms with van der Waals surface area (Å²) in [6.45, 7) is 11.7. The lowest BCUT2D eigenvalue weighted by Gasteiger charge is -2.22. The van der Waals surface area contributed by atoms with Gasteiger partial charge in [0, 0.05) is 6.54 Å². The topological polar surface area (TPSA) is 56.8 Å². The van der Waals surface area contributed by atoms with Crippen molar-refractivity contribution >= 4 is 5.91 Å². The van der Waals surface area contributed by atoms with Crippen LogP contribution in [0.5, 0.6) is 17.2 Å². The van der Waals surface area contributed by atoms with Gasteiger partial charge in [0.25, 0.3) is 5.91 Å². The van der Waals surface area contributed by atoms with E-state index in [1.807, 2.05) is 56.3 Å². The first kappa shape index (κ1) is 21.6. The smallest absolute Gasteiger partial charge is 0.258 e. The molecule has 0 heterocycles.